The highest BCUT2D eigenvalue weighted by molar-refractivity contribution is 5.90. The molecule has 0 saturated carbocycles. The summed E-state index contributed by atoms with van der Waals surface area (Å²) < 4.78 is 5.53. The molecule has 0 unspecified atom stereocenters. The fourth-order valence-corrected chi connectivity index (χ4v) is 1.63. The van der Waals surface area contributed by atoms with E-state index in [4.69, 9.17) is 5.11 Å². The lowest BCUT2D eigenvalue weighted by molar-refractivity contribution is -0.141. The van der Waals surface area contributed by atoms with Crippen molar-refractivity contribution in [1.82, 2.24) is 4.57 Å². The average molecular weight is 239 g/mol. The first-order chi connectivity index (χ1) is 7.88. The molecule has 1 rings (SSSR count). The number of rotatable bonds is 3. The first kappa shape index (κ1) is 13.0. The summed E-state index contributed by atoms with van der Waals surface area (Å²) >= 11 is 0. The first-order valence-corrected chi connectivity index (χ1v) is 4.89. The number of hydrogen-bond acceptors (Lipinski definition) is 4. The first-order valence-electron chi connectivity index (χ1n) is 4.89. The van der Waals surface area contributed by atoms with Crippen LogP contribution >= 0.6 is 0 Å². The van der Waals surface area contributed by atoms with Crippen LogP contribution in [-0.2, 0) is 16.1 Å². The van der Waals surface area contributed by atoms with Gasteiger partial charge < -0.3 is 14.4 Å². The zero-order valence-corrected chi connectivity index (χ0v) is 9.81. The average Bonchev–Trinajstić information content (AvgIpc) is 2.22. The van der Waals surface area contributed by atoms with Crippen molar-refractivity contribution < 1.29 is 19.4 Å². The fraction of sp³-hybridized carbons (Fsp3) is 0.364. The van der Waals surface area contributed by atoms with E-state index in [1.807, 2.05) is 0 Å². The van der Waals surface area contributed by atoms with Crippen molar-refractivity contribution in [1.29, 1.82) is 0 Å². The summed E-state index contributed by atoms with van der Waals surface area (Å²) in [4.78, 5) is 33.8. The van der Waals surface area contributed by atoms with Crippen LogP contribution in [0.25, 0.3) is 0 Å². The molecule has 0 radical (unpaired) electrons. The van der Waals surface area contributed by atoms with Gasteiger partial charge in [-0.25, -0.2) is 4.79 Å². The smallest absolute Gasteiger partial charge is 0.337 e. The molecule has 17 heavy (non-hydrogen) atoms. The number of aromatic carboxylic acids is 1. The van der Waals surface area contributed by atoms with E-state index in [0.29, 0.717) is 5.56 Å². The maximum absolute atomic E-state index is 11.6. The Balaban J connectivity index is 3.41. The van der Waals surface area contributed by atoms with Crippen molar-refractivity contribution >= 4 is 11.9 Å². The zero-order chi connectivity index (χ0) is 13.2. The maximum Gasteiger partial charge on any atom is 0.337 e. The minimum Gasteiger partial charge on any atom is -0.478 e. The van der Waals surface area contributed by atoms with E-state index >= 15 is 0 Å². The molecule has 1 N–H and O–H groups in total. The van der Waals surface area contributed by atoms with Crippen LogP contribution in [0.1, 0.15) is 21.6 Å². The van der Waals surface area contributed by atoms with Crippen molar-refractivity contribution in [3.63, 3.8) is 0 Å². The Hall–Kier alpha value is -2.11. The van der Waals surface area contributed by atoms with E-state index in [1.165, 1.54) is 20.1 Å². The van der Waals surface area contributed by atoms with Gasteiger partial charge in [-0.3, -0.25) is 9.59 Å². The molecule has 0 amide bonds. The molecule has 92 valence electrons. The molecule has 0 fully saturated rings. The lowest BCUT2D eigenvalue weighted by Crippen LogP contribution is -2.29. The van der Waals surface area contributed by atoms with Gasteiger partial charge in [0.1, 0.15) is 6.54 Å². The summed E-state index contributed by atoms with van der Waals surface area (Å²) in [7, 11) is 1.20. The predicted octanol–water partition coefficient (Wildman–Crippen LogP) is 0.336. The molecule has 0 bridgehead atoms. The van der Waals surface area contributed by atoms with E-state index in [0.717, 1.165) is 4.57 Å². The van der Waals surface area contributed by atoms with E-state index in [9.17, 15) is 14.4 Å². The number of carboxylic acid groups (broad SMARTS) is 1. The topological polar surface area (TPSA) is 85.6 Å². The van der Waals surface area contributed by atoms with Crippen LogP contribution in [0.5, 0.6) is 0 Å². The monoisotopic (exact) mass is 239 g/mol. The van der Waals surface area contributed by atoms with Crippen molar-refractivity contribution in [2.24, 2.45) is 0 Å². The van der Waals surface area contributed by atoms with Crippen molar-refractivity contribution in [3.05, 3.63) is 33.2 Å². The molecular formula is C11H13NO5. The van der Waals surface area contributed by atoms with Crippen LogP contribution in [0.2, 0.25) is 0 Å². The molecule has 1 aromatic rings. The summed E-state index contributed by atoms with van der Waals surface area (Å²) in [6.07, 6.45) is 0. The van der Waals surface area contributed by atoms with Crippen LogP contribution in [0.15, 0.2) is 10.9 Å². The standard InChI is InChI=1S/C11H13NO5/c1-6-4-8(13)12(5-9(14)17-3)7(2)10(6)11(15)16/h4H,5H2,1-3H3,(H,15,16). The van der Waals surface area contributed by atoms with Crippen LogP contribution in [0.3, 0.4) is 0 Å². The molecule has 0 aliphatic heterocycles. The summed E-state index contributed by atoms with van der Waals surface area (Å²) in [5.41, 5.74) is 0.234. The van der Waals surface area contributed by atoms with Crippen LogP contribution < -0.4 is 5.56 Å². The Labute approximate surface area is 97.4 Å². The zero-order valence-electron chi connectivity index (χ0n) is 9.81. The second-order valence-corrected chi connectivity index (χ2v) is 3.59. The van der Waals surface area contributed by atoms with Gasteiger partial charge in [0.05, 0.1) is 12.7 Å². The lowest BCUT2D eigenvalue weighted by Gasteiger charge is -2.12. The third kappa shape index (κ3) is 2.52. The van der Waals surface area contributed by atoms with Crippen molar-refractivity contribution in [3.8, 4) is 0 Å². The minimum atomic E-state index is -1.13. The number of esters is 1. The number of ether oxygens (including phenoxy) is 1. The Kier molecular flexibility index (Phi) is 3.67. The number of aromatic nitrogens is 1. The van der Waals surface area contributed by atoms with E-state index < -0.39 is 17.5 Å². The van der Waals surface area contributed by atoms with Gasteiger partial charge in [0.15, 0.2) is 0 Å². The van der Waals surface area contributed by atoms with E-state index in [2.05, 4.69) is 4.74 Å². The highest BCUT2D eigenvalue weighted by Crippen LogP contribution is 2.11. The summed E-state index contributed by atoms with van der Waals surface area (Å²) in [6, 6.07) is 1.19. The van der Waals surface area contributed by atoms with Gasteiger partial charge in [-0.1, -0.05) is 0 Å². The Morgan fingerprint density at radius 1 is 1.41 bits per heavy atom. The van der Waals surface area contributed by atoms with Crippen molar-refractivity contribution in [2.45, 2.75) is 20.4 Å². The third-order valence-electron chi connectivity index (χ3n) is 2.50. The molecule has 0 aliphatic carbocycles. The van der Waals surface area contributed by atoms with Crippen LogP contribution in [0, 0.1) is 13.8 Å². The van der Waals surface area contributed by atoms with Gasteiger partial charge in [-0.05, 0) is 19.4 Å². The van der Waals surface area contributed by atoms with Crippen LogP contribution in [0.4, 0.5) is 0 Å². The molecular weight excluding hydrogens is 226 g/mol. The molecule has 0 saturated heterocycles. The molecule has 6 nitrogen and oxygen atoms in total. The van der Waals surface area contributed by atoms with Gasteiger partial charge in [0.25, 0.3) is 5.56 Å². The van der Waals surface area contributed by atoms with Gasteiger partial charge in [-0.2, -0.15) is 0 Å². The molecule has 1 aromatic heterocycles. The second-order valence-electron chi connectivity index (χ2n) is 3.59. The van der Waals surface area contributed by atoms with Gasteiger partial charge in [0.2, 0.25) is 0 Å². The predicted molar refractivity (Wildman–Crippen MR) is 59.2 cm³/mol. The number of carbonyl (C=O) groups is 2. The Bertz CT molecular complexity index is 529. The van der Waals surface area contributed by atoms with Gasteiger partial charge in [-0.15, -0.1) is 0 Å². The SMILES string of the molecule is COC(=O)Cn1c(C)c(C(=O)O)c(C)cc1=O. The molecule has 0 aliphatic rings. The van der Waals surface area contributed by atoms with Gasteiger partial charge in [0, 0.05) is 11.8 Å². The number of methoxy groups -OCH3 is 1. The number of carboxylic acids is 1. The molecule has 0 atom stereocenters. The van der Waals surface area contributed by atoms with E-state index in [-0.39, 0.29) is 17.8 Å². The number of nitrogens with zero attached hydrogens (tertiary/aromatic N) is 1. The molecule has 1 heterocycles. The second kappa shape index (κ2) is 4.82. The largest absolute Gasteiger partial charge is 0.478 e. The fourth-order valence-electron chi connectivity index (χ4n) is 1.63. The normalized spacial score (nSPS) is 10.1. The Morgan fingerprint density at radius 2 is 2.00 bits per heavy atom. The number of carbonyl (C=O) groups excluding carboxylic acids is 1. The quantitative estimate of drug-likeness (QED) is 0.768. The number of hydrogen-bond donors (Lipinski definition) is 1. The summed E-state index contributed by atoms with van der Waals surface area (Å²) in [5, 5.41) is 9.02. The maximum atomic E-state index is 11.6. The number of pyridine rings is 1. The van der Waals surface area contributed by atoms with Gasteiger partial charge >= 0.3 is 11.9 Å². The molecule has 0 aromatic carbocycles. The van der Waals surface area contributed by atoms with Crippen molar-refractivity contribution in [2.75, 3.05) is 7.11 Å². The lowest BCUT2D eigenvalue weighted by atomic mass is 10.1. The Morgan fingerprint density at radius 3 is 2.47 bits per heavy atom. The highest BCUT2D eigenvalue weighted by Gasteiger charge is 2.17. The van der Waals surface area contributed by atoms with Crippen LogP contribution in [-0.4, -0.2) is 28.7 Å². The molecule has 0 spiro atoms. The minimum absolute atomic E-state index is 0.0357. The van der Waals surface area contributed by atoms with E-state index in [1.54, 1.807) is 6.92 Å². The molecule has 6 heteroatoms. The summed E-state index contributed by atoms with van der Waals surface area (Å²) in [6.45, 7) is 2.74. The highest BCUT2D eigenvalue weighted by atomic mass is 16.5. The third-order valence-corrected chi connectivity index (χ3v) is 2.50. The summed E-state index contributed by atoms with van der Waals surface area (Å²) in [5.74, 6) is -1.73. The number of aryl methyl sites for hydroxylation is 1.